The van der Waals surface area contributed by atoms with Crippen LogP contribution < -0.4 is 0 Å². The molecule has 10 heteroatoms. The smallest absolute Gasteiger partial charge is 0.194 e. The van der Waals surface area contributed by atoms with Gasteiger partial charge in [0, 0.05) is 73.5 Å². The van der Waals surface area contributed by atoms with Gasteiger partial charge in [-0.2, -0.15) is 21.0 Å². The number of hydrogen-bond acceptors (Lipinski definition) is 10. The lowest BCUT2D eigenvalue weighted by atomic mass is 9.65. The Bertz CT molecular complexity index is 5140. The van der Waals surface area contributed by atoms with Crippen molar-refractivity contribution in [3.63, 3.8) is 0 Å². The van der Waals surface area contributed by atoms with Gasteiger partial charge in [-0.05, 0) is 180 Å². The number of thiophene rings is 4. The van der Waals surface area contributed by atoms with Gasteiger partial charge in [0.1, 0.15) is 35.4 Å². The molecule has 7 aromatic carbocycles. The van der Waals surface area contributed by atoms with Crippen LogP contribution in [0.2, 0.25) is 0 Å². The molecular formula is C96H86N4O2S4. The summed E-state index contributed by atoms with van der Waals surface area (Å²) in [6.07, 6.45) is 26.7. The van der Waals surface area contributed by atoms with Crippen LogP contribution in [-0.2, 0) is 36.5 Å². The quantitative estimate of drug-likeness (QED) is 0.0302. The monoisotopic (exact) mass is 1450 g/mol. The van der Waals surface area contributed by atoms with Crippen molar-refractivity contribution in [3.05, 3.63) is 290 Å². The molecule has 0 fully saturated rings. The third kappa shape index (κ3) is 12.4. The number of carbonyl (C=O) groups is 2. The zero-order chi connectivity index (χ0) is 73.4. The van der Waals surface area contributed by atoms with E-state index in [0.717, 1.165) is 91.0 Å². The van der Waals surface area contributed by atoms with Gasteiger partial charge in [0.25, 0.3) is 0 Å². The van der Waals surface area contributed by atoms with Gasteiger partial charge in [-0.25, -0.2) is 0 Å². The summed E-state index contributed by atoms with van der Waals surface area (Å²) in [5.41, 5.74) is 21.1. The summed E-state index contributed by atoms with van der Waals surface area (Å²) >= 11 is 7.03. The van der Waals surface area contributed by atoms with Crippen LogP contribution in [0.1, 0.15) is 250 Å². The third-order valence-corrected chi connectivity index (χ3v) is 27.5. The predicted octanol–water partition coefficient (Wildman–Crippen LogP) is 26.2. The summed E-state index contributed by atoms with van der Waals surface area (Å²) in [5, 5.41) is 42.1. The maximum atomic E-state index is 14.8. The minimum absolute atomic E-state index is 0.0762. The van der Waals surface area contributed by atoms with E-state index in [2.05, 4.69) is 173 Å². The first-order valence-electron chi connectivity index (χ1n) is 38.4. The van der Waals surface area contributed by atoms with E-state index in [1.165, 1.54) is 165 Å². The van der Waals surface area contributed by atoms with Crippen molar-refractivity contribution in [1.82, 2.24) is 0 Å². The van der Waals surface area contributed by atoms with Crippen LogP contribution in [0, 0.1) is 59.2 Å². The molecule has 4 aliphatic rings. The number of nitriles is 4. The molecule has 0 unspecified atom stereocenters. The number of fused-ring (bicyclic) bond motifs is 12. The molecule has 0 atom stereocenters. The summed E-state index contributed by atoms with van der Waals surface area (Å²) in [4.78, 5) is 33.7. The van der Waals surface area contributed by atoms with Crippen LogP contribution in [0.25, 0.3) is 63.0 Å². The van der Waals surface area contributed by atoms with E-state index in [-0.39, 0.29) is 22.7 Å². The topological polar surface area (TPSA) is 129 Å². The minimum atomic E-state index is -0.843. The van der Waals surface area contributed by atoms with Gasteiger partial charge in [0.05, 0.1) is 20.2 Å². The number of nitrogens with zero attached hydrogens (tertiary/aromatic N) is 4. The minimum Gasteiger partial charge on any atom is -0.289 e. The maximum Gasteiger partial charge on any atom is 0.194 e. The standard InChI is InChI=1S/C96H86N4O2S4/c1-7-11-15-19-23-61-29-37-67(38-30-61)95(68-39-31-62(32-40-68)24-20-16-12-8-2)81-53-78-82(54-77(81)91-87(95)93-83(105-91)51-71(103-93)49-79-85(65(55-97)56-98)75-47-59(5)27-45-73(75)89(79)101)96(69-41-33-63(34-42-69)25-21-17-13-9-3,70-43-35-64(36-44-70)26-22-18-14-10-4)88-92(78)106-84-52-72(104-94(84)88)50-80-86(66(57-99)58-100)76-48-60(6)28-46-74(76)90(80)102/h27-54H,7-26H2,1-6H3/b79-49-,80-50-. The van der Waals surface area contributed by atoms with E-state index in [1.807, 2.05) is 85.1 Å². The lowest BCUT2D eigenvalue weighted by molar-refractivity contribution is 0.103. The fraction of sp³-hybridized carbons (Fsp3) is 0.292. The molecule has 4 aromatic heterocycles. The summed E-state index contributed by atoms with van der Waals surface area (Å²) in [5.74, 6) is -0.380. The number of Topliss-reactive ketones (excluding diaryl/α,β-unsaturated/α-hetero) is 2. The Hall–Kier alpha value is -9.88. The molecule has 0 spiro atoms. The number of benzene rings is 7. The van der Waals surface area contributed by atoms with E-state index in [9.17, 15) is 30.6 Å². The van der Waals surface area contributed by atoms with Crippen LogP contribution in [-0.4, -0.2) is 11.6 Å². The summed E-state index contributed by atoms with van der Waals surface area (Å²) in [7, 11) is 0. The zero-order valence-electron chi connectivity index (χ0n) is 61.5. The summed E-state index contributed by atoms with van der Waals surface area (Å²) in [6, 6.07) is 68.1. The molecule has 0 N–H and O–H groups in total. The summed E-state index contributed by atoms with van der Waals surface area (Å²) in [6.45, 7) is 13.0. The van der Waals surface area contributed by atoms with Gasteiger partial charge in [-0.1, -0.05) is 249 Å². The molecule has 106 heavy (non-hydrogen) atoms. The SMILES string of the molecule is CCCCCCc1ccc(C2(c3ccc(CCCCCC)cc3)c3cc4c(cc3-c3sc5cc(/C=C6\C(=O)c7ccc(C)cc7C6=C(C#N)C#N)sc5c32)C(c2ccc(CCCCCC)cc2)(c2ccc(CCCCCC)cc2)c2c-4sc3cc(/C=C4\C(=O)c5ccc(C)cc5C4=C(C#N)C#N)sc23)cc1. The Morgan fingerprint density at radius 1 is 0.358 bits per heavy atom. The largest absolute Gasteiger partial charge is 0.289 e. The van der Waals surface area contributed by atoms with Crippen molar-refractivity contribution >= 4 is 99.0 Å². The first-order chi connectivity index (χ1) is 51.8. The van der Waals surface area contributed by atoms with Crippen LogP contribution in [0.5, 0.6) is 0 Å². The molecule has 0 saturated heterocycles. The van der Waals surface area contributed by atoms with Gasteiger partial charge in [-0.15, -0.1) is 45.3 Å². The Kier molecular flexibility index (Phi) is 20.7. The highest BCUT2D eigenvalue weighted by molar-refractivity contribution is 7.31. The number of allylic oxidation sites excluding steroid dienone is 6. The van der Waals surface area contributed by atoms with Gasteiger partial charge in [0.15, 0.2) is 11.6 Å². The first-order valence-corrected chi connectivity index (χ1v) is 41.7. The summed E-state index contributed by atoms with van der Waals surface area (Å²) < 4.78 is 4.49. The Morgan fingerprint density at radius 2 is 0.670 bits per heavy atom. The Morgan fingerprint density at radius 3 is 0.962 bits per heavy atom. The molecule has 6 nitrogen and oxygen atoms in total. The van der Waals surface area contributed by atoms with Crippen LogP contribution in [0.4, 0.5) is 0 Å². The second-order valence-electron chi connectivity index (χ2n) is 29.6. The predicted molar refractivity (Wildman–Crippen MR) is 442 cm³/mol. The highest BCUT2D eigenvalue weighted by atomic mass is 32.1. The molecule has 4 aliphatic carbocycles. The van der Waals surface area contributed by atoms with E-state index in [4.69, 9.17) is 0 Å². The van der Waals surface area contributed by atoms with Crippen molar-refractivity contribution in [2.24, 2.45) is 0 Å². The van der Waals surface area contributed by atoms with Crippen molar-refractivity contribution in [3.8, 4) is 45.2 Å². The Balaban J connectivity index is 1.01. The maximum absolute atomic E-state index is 14.8. The molecule has 0 amide bonds. The lowest BCUT2D eigenvalue weighted by Gasteiger charge is -2.36. The molecule has 4 heterocycles. The van der Waals surface area contributed by atoms with Crippen molar-refractivity contribution in [1.29, 1.82) is 21.0 Å². The highest BCUT2D eigenvalue weighted by Gasteiger charge is 2.55. The molecule has 0 saturated carbocycles. The second-order valence-corrected chi connectivity index (χ2v) is 33.9. The average molecular weight is 1460 g/mol. The number of hydrogen-bond donors (Lipinski definition) is 0. The third-order valence-electron chi connectivity index (χ3n) is 22.7. The average Bonchev–Trinajstić information content (AvgIpc) is 1.49. The number of ketones is 2. The van der Waals surface area contributed by atoms with Gasteiger partial charge in [0.2, 0.25) is 0 Å². The second kappa shape index (κ2) is 30.5. The van der Waals surface area contributed by atoms with Crippen molar-refractivity contribution in [2.75, 3.05) is 0 Å². The molecule has 15 rings (SSSR count). The van der Waals surface area contributed by atoms with E-state index in [1.54, 1.807) is 22.7 Å². The fourth-order valence-electron chi connectivity index (χ4n) is 17.4. The number of aryl methyl sites for hydroxylation is 6. The lowest BCUT2D eigenvalue weighted by Crippen LogP contribution is -2.30. The van der Waals surface area contributed by atoms with Gasteiger partial charge < -0.3 is 0 Å². The molecule has 11 aromatic rings. The van der Waals surface area contributed by atoms with E-state index >= 15 is 0 Å². The molecule has 0 radical (unpaired) electrons. The molecular weight excluding hydrogens is 1370 g/mol. The fourth-order valence-corrected chi connectivity index (χ4v) is 22.9. The van der Waals surface area contributed by atoms with Crippen LogP contribution >= 0.6 is 45.3 Å². The van der Waals surface area contributed by atoms with Gasteiger partial charge >= 0.3 is 0 Å². The van der Waals surface area contributed by atoms with E-state index in [0.29, 0.717) is 44.5 Å². The van der Waals surface area contributed by atoms with E-state index < -0.39 is 10.8 Å². The number of carbonyl (C=O) groups excluding carboxylic acids is 2. The van der Waals surface area contributed by atoms with Crippen LogP contribution in [0.15, 0.2) is 180 Å². The van der Waals surface area contributed by atoms with Gasteiger partial charge in [-0.3, -0.25) is 9.59 Å². The Labute approximate surface area is 640 Å². The van der Waals surface area contributed by atoms with Crippen LogP contribution in [0.3, 0.4) is 0 Å². The normalized spacial score (nSPS) is 14.8. The molecule has 0 aliphatic heterocycles. The number of unbranched alkanes of at least 4 members (excludes halogenated alkanes) is 12. The molecule has 526 valence electrons. The van der Waals surface area contributed by atoms with Crippen molar-refractivity contribution in [2.45, 2.75) is 181 Å². The molecule has 0 bridgehead atoms. The zero-order valence-corrected chi connectivity index (χ0v) is 64.8. The first kappa shape index (κ1) is 71.7. The number of rotatable bonds is 26. The highest BCUT2D eigenvalue weighted by Crippen LogP contribution is 2.68. The van der Waals surface area contributed by atoms with Crippen molar-refractivity contribution < 1.29 is 9.59 Å².